The van der Waals surface area contributed by atoms with Gasteiger partial charge in [-0.15, -0.1) is 11.8 Å². The summed E-state index contributed by atoms with van der Waals surface area (Å²) in [5.74, 6) is 0.101. The van der Waals surface area contributed by atoms with Crippen LogP contribution in [0.3, 0.4) is 0 Å². The lowest BCUT2D eigenvalue weighted by atomic mass is 10.3. The van der Waals surface area contributed by atoms with Crippen molar-refractivity contribution in [2.24, 2.45) is 0 Å². The molecule has 0 aliphatic rings. The first-order valence-electron chi connectivity index (χ1n) is 6.37. The molecule has 1 amide bonds. The number of hydrogen-bond acceptors (Lipinski definition) is 3. The van der Waals surface area contributed by atoms with Crippen LogP contribution in [0.15, 0.2) is 29.2 Å². The molecule has 5 heteroatoms. The predicted octanol–water partition coefficient (Wildman–Crippen LogP) is 2.89. The zero-order valence-corrected chi connectivity index (χ0v) is 13.2. The monoisotopic (exact) mass is 300 g/mol. The predicted molar refractivity (Wildman–Crippen MR) is 83.0 cm³/mol. The molecule has 0 saturated carbocycles. The van der Waals surface area contributed by atoms with Crippen LogP contribution in [-0.4, -0.2) is 43.2 Å². The first kappa shape index (κ1) is 16.3. The van der Waals surface area contributed by atoms with E-state index >= 15 is 0 Å². The van der Waals surface area contributed by atoms with E-state index in [1.807, 2.05) is 50.2 Å². The lowest BCUT2D eigenvalue weighted by Gasteiger charge is -2.16. The van der Waals surface area contributed by atoms with E-state index in [1.54, 1.807) is 11.8 Å². The highest BCUT2D eigenvalue weighted by atomic mass is 35.5. The normalized spacial score (nSPS) is 12.5. The molecule has 3 nitrogen and oxygen atoms in total. The summed E-state index contributed by atoms with van der Waals surface area (Å²) in [6.07, 6.45) is 0.807. The van der Waals surface area contributed by atoms with Crippen LogP contribution in [0.25, 0.3) is 0 Å². The molecule has 1 aromatic rings. The van der Waals surface area contributed by atoms with Crippen molar-refractivity contribution in [1.82, 2.24) is 10.2 Å². The highest BCUT2D eigenvalue weighted by molar-refractivity contribution is 8.00. The summed E-state index contributed by atoms with van der Waals surface area (Å²) in [4.78, 5) is 15.2. The molecule has 106 valence electrons. The van der Waals surface area contributed by atoms with Crippen LogP contribution in [0.4, 0.5) is 0 Å². The topological polar surface area (TPSA) is 32.3 Å². The Bertz CT molecular complexity index is 395. The van der Waals surface area contributed by atoms with Gasteiger partial charge in [0.2, 0.25) is 5.91 Å². The average Bonchev–Trinajstić information content (AvgIpc) is 2.37. The maximum absolute atomic E-state index is 12.1. The van der Waals surface area contributed by atoms with Crippen molar-refractivity contribution in [3.8, 4) is 0 Å². The van der Waals surface area contributed by atoms with E-state index in [2.05, 4.69) is 5.32 Å². The van der Waals surface area contributed by atoms with E-state index < -0.39 is 0 Å². The number of thioether (sulfide) groups is 1. The molecule has 0 spiro atoms. The van der Waals surface area contributed by atoms with E-state index in [-0.39, 0.29) is 11.2 Å². The van der Waals surface area contributed by atoms with Gasteiger partial charge in [0.1, 0.15) is 0 Å². The van der Waals surface area contributed by atoms with Crippen LogP contribution in [0.5, 0.6) is 0 Å². The van der Waals surface area contributed by atoms with E-state index in [1.165, 1.54) is 0 Å². The number of nitrogens with one attached hydrogen (secondary N) is 1. The van der Waals surface area contributed by atoms with Crippen molar-refractivity contribution in [3.63, 3.8) is 0 Å². The highest BCUT2D eigenvalue weighted by Gasteiger charge is 2.17. The van der Waals surface area contributed by atoms with Crippen LogP contribution in [-0.2, 0) is 4.79 Å². The zero-order valence-electron chi connectivity index (χ0n) is 11.6. The van der Waals surface area contributed by atoms with E-state index in [4.69, 9.17) is 11.6 Å². The number of nitrogens with zero attached hydrogens (tertiary/aromatic N) is 1. The van der Waals surface area contributed by atoms with Gasteiger partial charge in [-0.1, -0.05) is 18.5 Å². The number of rotatable bonds is 7. The Morgan fingerprint density at radius 3 is 2.53 bits per heavy atom. The molecule has 0 aromatic heterocycles. The number of carbonyl (C=O) groups excluding carboxylic acids is 1. The summed E-state index contributed by atoms with van der Waals surface area (Å²) in [6, 6.07) is 7.59. The van der Waals surface area contributed by atoms with Gasteiger partial charge in [-0.05, 0) is 44.8 Å². The largest absolute Gasteiger partial charge is 0.354 e. The van der Waals surface area contributed by atoms with Crippen LogP contribution in [0, 0.1) is 0 Å². The second-order valence-electron chi connectivity index (χ2n) is 4.56. The van der Waals surface area contributed by atoms with Gasteiger partial charge in [0.15, 0.2) is 0 Å². The Balaban J connectivity index is 2.48. The Morgan fingerprint density at radius 1 is 1.37 bits per heavy atom. The molecule has 1 N–H and O–H groups in total. The lowest BCUT2D eigenvalue weighted by Crippen LogP contribution is -2.36. The summed E-state index contributed by atoms with van der Waals surface area (Å²) < 4.78 is 0. The molecule has 0 heterocycles. The van der Waals surface area contributed by atoms with Crippen molar-refractivity contribution < 1.29 is 4.79 Å². The number of hydrogen-bond donors (Lipinski definition) is 1. The first-order chi connectivity index (χ1) is 9.02. The van der Waals surface area contributed by atoms with E-state index in [0.29, 0.717) is 11.6 Å². The van der Waals surface area contributed by atoms with Crippen LogP contribution >= 0.6 is 23.4 Å². The molecule has 0 aliphatic heterocycles. The van der Waals surface area contributed by atoms with Crippen molar-refractivity contribution in [2.45, 2.75) is 23.5 Å². The van der Waals surface area contributed by atoms with Gasteiger partial charge in [-0.3, -0.25) is 4.79 Å². The Morgan fingerprint density at radius 2 is 2.00 bits per heavy atom. The molecule has 0 fully saturated rings. The average molecular weight is 301 g/mol. The smallest absolute Gasteiger partial charge is 0.233 e. The quantitative estimate of drug-likeness (QED) is 0.786. The summed E-state index contributed by atoms with van der Waals surface area (Å²) in [5.41, 5.74) is 0. The molecule has 1 atom stereocenters. The number of amides is 1. The molecular weight excluding hydrogens is 280 g/mol. The lowest BCUT2D eigenvalue weighted by molar-refractivity contribution is -0.120. The van der Waals surface area contributed by atoms with Crippen molar-refractivity contribution in [1.29, 1.82) is 0 Å². The first-order valence-corrected chi connectivity index (χ1v) is 7.63. The molecule has 0 bridgehead atoms. The minimum Gasteiger partial charge on any atom is -0.354 e. The summed E-state index contributed by atoms with van der Waals surface area (Å²) in [7, 11) is 3.98. The second kappa shape index (κ2) is 8.46. The highest BCUT2D eigenvalue weighted by Crippen LogP contribution is 2.26. The molecule has 1 aromatic carbocycles. The second-order valence-corrected chi connectivity index (χ2v) is 6.28. The molecule has 0 unspecified atom stereocenters. The van der Waals surface area contributed by atoms with E-state index in [0.717, 1.165) is 17.9 Å². The summed E-state index contributed by atoms with van der Waals surface area (Å²) in [6.45, 7) is 3.57. The van der Waals surface area contributed by atoms with Gasteiger partial charge < -0.3 is 10.2 Å². The van der Waals surface area contributed by atoms with Gasteiger partial charge in [-0.25, -0.2) is 0 Å². The third kappa shape index (κ3) is 6.32. The van der Waals surface area contributed by atoms with Gasteiger partial charge in [0.05, 0.1) is 5.25 Å². The third-order valence-electron chi connectivity index (χ3n) is 2.61. The van der Waals surface area contributed by atoms with Gasteiger partial charge in [0.25, 0.3) is 0 Å². The van der Waals surface area contributed by atoms with Gasteiger partial charge >= 0.3 is 0 Å². The molecule has 1 rings (SSSR count). The molecular formula is C14H21ClN2OS. The number of likely N-dealkylation sites (N-methyl/N-ethyl adjacent to an activating group) is 1. The van der Waals surface area contributed by atoms with Crippen LogP contribution < -0.4 is 5.32 Å². The fraction of sp³-hybridized carbons (Fsp3) is 0.500. The van der Waals surface area contributed by atoms with Crippen molar-refractivity contribution >= 4 is 29.3 Å². The number of carbonyl (C=O) groups is 1. The van der Waals surface area contributed by atoms with Crippen molar-refractivity contribution in [3.05, 3.63) is 29.3 Å². The Labute approximate surface area is 124 Å². The fourth-order valence-electron chi connectivity index (χ4n) is 1.52. The molecule has 0 aliphatic carbocycles. The summed E-state index contributed by atoms with van der Waals surface area (Å²) in [5, 5.41) is 3.63. The van der Waals surface area contributed by atoms with Gasteiger partial charge in [-0.2, -0.15) is 0 Å². The SMILES string of the molecule is CC[C@H](Sc1ccc(Cl)cc1)C(=O)NCCN(C)C. The zero-order chi connectivity index (χ0) is 14.3. The Hall–Kier alpha value is -0.710. The number of halogens is 1. The minimum absolute atomic E-state index is 0.0525. The molecule has 0 radical (unpaired) electrons. The molecule has 19 heavy (non-hydrogen) atoms. The van der Waals surface area contributed by atoms with Crippen molar-refractivity contribution in [2.75, 3.05) is 27.2 Å². The Kier molecular flexibility index (Phi) is 7.28. The summed E-state index contributed by atoms with van der Waals surface area (Å²) >= 11 is 7.43. The standard InChI is InChI=1S/C14H21ClN2OS/c1-4-13(14(18)16-9-10-17(2)3)19-12-7-5-11(15)6-8-12/h5-8,13H,4,9-10H2,1-3H3,(H,16,18)/t13-/m0/s1. The minimum atomic E-state index is -0.0525. The maximum Gasteiger partial charge on any atom is 0.233 e. The van der Waals surface area contributed by atoms with Crippen LogP contribution in [0.1, 0.15) is 13.3 Å². The van der Waals surface area contributed by atoms with Gasteiger partial charge in [0, 0.05) is 23.0 Å². The van der Waals surface area contributed by atoms with E-state index in [9.17, 15) is 4.79 Å². The fourth-order valence-corrected chi connectivity index (χ4v) is 2.62. The maximum atomic E-state index is 12.1. The molecule has 0 saturated heterocycles. The third-order valence-corrected chi connectivity index (χ3v) is 4.24. The number of benzene rings is 1. The van der Waals surface area contributed by atoms with Crippen LogP contribution in [0.2, 0.25) is 5.02 Å².